The molecule has 5 rings (SSSR count). The van der Waals surface area contributed by atoms with Crippen LogP contribution in [-0.4, -0.2) is 165 Å². The molecule has 20 heteroatoms. The van der Waals surface area contributed by atoms with E-state index >= 15 is 0 Å². The summed E-state index contributed by atoms with van der Waals surface area (Å²) in [6, 6.07) is 8.73. The van der Waals surface area contributed by atoms with Crippen molar-refractivity contribution in [1.82, 2.24) is 42.1 Å². The van der Waals surface area contributed by atoms with Gasteiger partial charge in [-0.1, -0.05) is 69.9 Å². The number of rotatable bonds is 42. The van der Waals surface area contributed by atoms with Crippen molar-refractivity contribution < 1.29 is 47.7 Å². The Morgan fingerprint density at radius 1 is 0.553 bits per heavy atom. The summed E-state index contributed by atoms with van der Waals surface area (Å²) in [5.41, 5.74) is 1.29. The van der Waals surface area contributed by atoms with Crippen molar-refractivity contribution in [3.8, 4) is 0 Å². The van der Waals surface area contributed by atoms with Crippen LogP contribution >= 0.6 is 23.5 Å². The maximum atomic E-state index is 12.9. The number of carbonyl (C=O) groups is 6. The first kappa shape index (κ1) is 63.0. The van der Waals surface area contributed by atoms with E-state index in [9.17, 15) is 28.8 Å². The van der Waals surface area contributed by atoms with Gasteiger partial charge in [0.2, 0.25) is 11.8 Å². The van der Waals surface area contributed by atoms with Gasteiger partial charge in [-0.25, -0.2) is 9.59 Å². The molecule has 0 aliphatic carbocycles. The molecule has 7 N–H and O–H groups in total. The van der Waals surface area contributed by atoms with E-state index in [-0.39, 0.29) is 72.9 Å². The number of unbranched alkanes of at least 4 members (excludes halogenated alkanes) is 11. The molecule has 0 unspecified atom stereocenters. The topological polar surface area (TPSA) is 227 Å². The van der Waals surface area contributed by atoms with Gasteiger partial charge >= 0.3 is 18.0 Å². The summed E-state index contributed by atoms with van der Waals surface area (Å²) in [4.78, 5) is 75.4. The Hall–Kier alpha value is -3.82. The van der Waals surface area contributed by atoms with Gasteiger partial charge < -0.3 is 56.2 Å². The maximum Gasteiger partial charge on any atom is 0.315 e. The fraction of sp³-hybridized carbons (Fsp3) is 0.786. The van der Waals surface area contributed by atoms with Crippen molar-refractivity contribution in [2.45, 2.75) is 196 Å². The molecule has 4 fully saturated rings. The molecule has 6 atom stereocenters. The Morgan fingerprint density at radius 2 is 1.03 bits per heavy atom. The van der Waals surface area contributed by atoms with Gasteiger partial charge in [0, 0.05) is 66.6 Å². The molecule has 18 nitrogen and oxygen atoms in total. The highest BCUT2D eigenvalue weighted by Gasteiger charge is 2.43. The van der Waals surface area contributed by atoms with Crippen molar-refractivity contribution in [2.24, 2.45) is 0 Å². The Labute approximate surface area is 462 Å². The van der Waals surface area contributed by atoms with E-state index < -0.39 is 5.60 Å². The van der Waals surface area contributed by atoms with Crippen LogP contribution < -0.4 is 37.2 Å². The number of ether oxygens (including phenoxy) is 4. The zero-order valence-corrected chi connectivity index (χ0v) is 47.8. The smallest absolute Gasteiger partial charge is 0.315 e. The van der Waals surface area contributed by atoms with Crippen LogP contribution in [0.4, 0.5) is 9.59 Å². The number of thioether (sulfide) groups is 2. The molecule has 0 bridgehead atoms. The van der Waals surface area contributed by atoms with E-state index in [0.29, 0.717) is 68.5 Å². The van der Waals surface area contributed by atoms with Crippen LogP contribution in [0.1, 0.15) is 165 Å². The Balaban J connectivity index is 0.895. The Kier molecular flexibility index (Phi) is 30.2. The first-order chi connectivity index (χ1) is 36.8. The molecule has 4 saturated heterocycles. The van der Waals surface area contributed by atoms with Gasteiger partial charge in [-0.2, -0.15) is 23.5 Å². The van der Waals surface area contributed by atoms with Crippen molar-refractivity contribution in [3.63, 3.8) is 0 Å². The number of nitrogens with zero attached hydrogens (tertiary/aromatic N) is 1. The van der Waals surface area contributed by atoms with Crippen molar-refractivity contribution in [3.05, 3.63) is 35.4 Å². The molecule has 4 heterocycles. The van der Waals surface area contributed by atoms with Gasteiger partial charge in [0.1, 0.15) is 5.60 Å². The summed E-state index contributed by atoms with van der Waals surface area (Å²) < 4.78 is 21.8. The molecule has 4 aliphatic rings. The summed E-state index contributed by atoms with van der Waals surface area (Å²) in [5, 5.41) is 22.1. The van der Waals surface area contributed by atoms with Gasteiger partial charge in [-0.05, 0) is 103 Å². The molecule has 430 valence electrons. The largest absolute Gasteiger partial charge is 0.460 e. The third-order valence-electron chi connectivity index (χ3n) is 14.1. The number of benzene rings is 1. The van der Waals surface area contributed by atoms with E-state index in [1.165, 1.54) is 12.0 Å². The lowest BCUT2D eigenvalue weighted by Gasteiger charge is -2.23. The molecule has 0 radical (unpaired) electrons. The average molecular weight is 1100 g/mol. The first-order valence-corrected chi connectivity index (χ1v) is 30.9. The SMILES string of the molecule is CC(C)(C)OC(=O)CCOCCOCCOCCNC(=O)c1ccc(CN(CCCCCCCCNC(=O)CCCC[C@@H]2SC[C@@H]3NC(=O)N[C@@H]32)CCCCCCCNC(=O)CCCC[C@@H]2SC[C@@H]3NC(=O)N[C@@H]32)cc1. The number of hydrogen-bond acceptors (Lipinski definition) is 13. The van der Waals surface area contributed by atoms with Gasteiger partial charge in [0.05, 0.1) is 70.2 Å². The molecule has 4 aliphatic heterocycles. The lowest BCUT2D eigenvalue weighted by molar-refractivity contribution is -0.156. The highest BCUT2D eigenvalue weighted by molar-refractivity contribution is 8.00. The molecule has 0 aromatic heterocycles. The molecular formula is C56H94N8O10S2. The third kappa shape index (κ3) is 26.2. The number of urea groups is 2. The average Bonchev–Trinajstić information content (AvgIpc) is 4.16. The monoisotopic (exact) mass is 1100 g/mol. The fourth-order valence-electron chi connectivity index (χ4n) is 10.1. The summed E-state index contributed by atoms with van der Waals surface area (Å²) in [7, 11) is 0. The molecule has 76 heavy (non-hydrogen) atoms. The molecular weight excluding hydrogens is 1010 g/mol. The number of fused-ring (bicyclic) bond motifs is 2. The summed E-state index contributed by atoms with van der Waals surface area (Å²) in [5.74, 6) is 1.78. The molecule has 0 spiro atoms. The normalized spacial score (nSPS) is 20.6. The minimum Gasteiger partial charge on any atom is -0.460 e. The highest BCUT2D eigenvalue weighted by atomic mass is 32.2. The number of nitrogens with one attached hydrogen (secondary N) is 7. The Bertz CT molecular complexity index is 1880. The minimum atomic E-state index is -0.503. The van der Waals surface area contributed by atoms with Crippen molar-refractivity contribution in [2.75, 3.05) is 83.9 Å². The summed E-state index contributed by atoms with van der Waals surface area (Å²) in [6.07, 6.45) is 19.3. The van der Waals surface area contributed by atoms with Gasteiger partial charge in [-0.3, -0.25) is 24.1 Å². The molecule has 1 aromatic carbocycles. The second-order valence-electron chi connectivity index (χ2n) is 21.7. The van der Waals surface area contributed by atoms with Crippen molar-refractivity contribution in [1.29, 1.82) is 0 Å². The minimum absolute atomic E-state index is 0.0525. The lowest BCUT2D eigenvalue weighted by Crippen LogP contribution is -2.36. The highest BCUT2D eigenvalue weighted by Crippen LogP contribution is 2.34. The predicted octanol–water partition coefficient (Wildman–Crippen LogP) is 6.98. The van der Waals surface area contributed by atoms with Crippen molar-refractivity contribution >= 4 is 59.3 Å². The van der Waals surface area contributed by atoms with E-state index in [1.54, 1.807) is 0 Å². The van der Waals surface area contributed by atoms with Crippen LogP contribution in [0.15, 0.2) is 24.3 Å². The Morgan fingerprint density at radius 3 is 1.54 bits per heavy atom. The van der Waals surface area contributed by atoms with E-state index in [4.69, 9.17) is 18.9 Å². The van der Waals surface area contributed by atoms with E-state index in [2.05, 4.69) is 54.3 Å². The van der Waals surface area contributed by atoms with Crippen LogP contribution in [0.2, 0.25) is 0 Å². The lowest BCUT2D eigenvalue weighted by atomic mass is 10.0. The quantitative estimate of drug-likeness (QED) is 0.0200. The van der Waals surface area contributed by atoms with E-state index in [0.717, 1.165) is 147 Å². The standard InChI is InChI=1S/C56H94N8O10S2/c1-56(2,3)74-50(67)27-33-71-35-37-73-38-36-72-34-30-59-53(68)43-25-23-42(24-26-43)39-64(32-18-10-6-8-16-29-58-49(66)22-14-12-20-47-52-45(41-76-47)61-55(70)63-52)31-17-9-5-4-7-15-28-57-48(65)21-13-11-19-46-51-44(40-75-46)60-54(69)62-51/h23-26,44-47,51-52H,4-22,27-41H2,1-3H3,(H,57,65)(H,58,66)(H,59,68)(H2,60,62,69)(H2,61,63,70)/t44-,45-,46-,47-,51-,52-/m0/s1. The second kappa shape index (κ2) is 36.4. The van der Waals surface area contributed by atoms with Crippen LogP contribution in [0, 0.1) is 0 Å². The summed E-state index contributed by atoms with van der Waals surface area (Å²) >= 11 is 3.84. The number of amides is 7. The molecule has 0 saturated carbocycles. The number of carbonyl (C=O) groups excluding carboxylic acids is 6. The fourth-order valence-corrected chi connectivity index (χ4v) is 13.1. The zero-order chi connectivity index (χ0) is 54.2. The van der Waals surface area contributed by atoms with Crippen LogP contribution in [0.25, 0.3) is 0 Å². The molecule has 1 aromatic rings. The summed E-state index contributed by atoms with van der Waals surface area (Å²) in [6.45, 7) is 12.4. The van der Waals surface area contributed by atoms with Crippen LogP contribution in [0.5, 0.6) is 0 Å². The van der Waals surface area contributed by atoms with Gasteiger partial charge in [0.15, 0.2) is 0 Å². The molecule has 7 amide bonds. The van der Waals surface area contributed by atoms with Gasteiger partial charge in [-0.15, -0.1) is 0 Å². The second-order valence-corrected chi connectivity index (χ2v) is 24.3. The number of esters is 1. The van der Waals surface area contributed by atoms with Crippen LogP contribution in [0.3, 0.4) is 0 Å². The maximum absolute atomic E-state index is 12.9. The predicted molar refractivity (Wildman–Crippen MR) is 302 cm³/mol. The zero-order valence-electron chi connectivity index (χ0n) is 46.2. The van der Waals surface area contributed by atoms with Crippen LogP contribution in [-0.2, 0) is 39.9 Å². The number of hydrogen-bond donors (Lipinski definition) is 7. The first-order valence-electron chi connectivity index (χ1n) is 28.8. The third-order valence-corrected chi connectivity index (χ3v) is 17.1. The van der Waals surface area contributed by atoms with E-state index in [1.807, 2.05) is 56.4 Å². The van der Waals surface area contributed by atoms with Gasteiger partial charge in [0.25, 0.3) is 5.91 Å².